The summed E-state index contributed by atoms with van der Waals surface area (Å²) in [6, 6.07) is 13.4. The molecule has 0 atom stereocenters. The fourth-order valence-electron chi connectivity index (χ4n) is 2.22. The zero-order valence-corrected chi connectivity index (χ0v) is 12.3. The van der Waals surface area contributed by atoms with Crippen LogP contribution in [0, 0.1) is 5.82 Å². The molecule has 0 aliphatic heterocycles. The Morgan fingerprint density at radius 1 is 1.13 bits per heavy atom. The number of hydrogen-bond donors (Lipinski definition) is 1. The number of hydrogen-bond acceptors (Lipinski definition) is 3. The van der Waals surface area contributed by atoms with Crippen molar-refractivity contribution in [3.63, 3.8) is 0 Å². The standard InChI is InChI=1S/C17H15FN4O/c18-16-6-4-13(5-7-16)14-2-1-3-15(10-14)17(23)20-8-9-22-12-19-11-21-22/h1-7,10-12H,8-9H2,(H,20,23). The lowest BCUT2D eigenvalue weighted by atomic mass is 10.0. The van der Waals surface area contributed by atoms with Gasteiger partial charge in [0, 0.05) is 12.1 Å². The lowest BCUT2D eigenvalue weighted by molar-refractivity contribution is 0.0952. The van der Waals surface area contributed by atoms with Gasteiger partial charge in [0.15, 0.2) is 0 Å². The number of nitrogens with one attached hydrogen (secondary N) is 1. The fourth-order valence-corrected chi connectivity index (χ4v) is 2.22. The van der Waals surface area contributed by atoms with Crippen LogP contribution in [0.2, 0.25) is 0 Å². The Kier molecular flexibility index (Phi) is 4.42. The van der Waals surface area contributed by atoms with Gasteiger partial charge in [0.25, 0.3) is 5.91 Å². The summed E-state index contributed by atoms with van der Waals surface area (Å²) in [5, 5.41) is 6.81. The molecule has 116 valence electrons. The third-order valence-electron chi connectivity index (χ3n) is 3.40. The minimum Gasteiger partial charge on any atom is -0.350 e. The van der Waals surface area contributed by atoms with Crippen molar-refractivity contribution in [2.24, 2.45) is 0 Å². The van der Waals surface area contributed by atoms with Crippen LogP contribution >= 0.6 is 0 Å². The molecule has 2 aromatic carbocycles. The summed E-state index contributed by atoms with van der Waals surface area (Å²) in [6.45, 7) is 1.02. The lowest BCUT2D eigenvalue weighted by Gasteiger charge is -2.07. The maximum atomic E-state index is 13.0. The highest BCUT2D eigenvalue weighted by Gasteiger charge is 2.07. The van der Waals surface area contributed by atoms with Gasteiger partial charge in [-0.3, -0.25) is 9.48 Å². The van der Waals surface area contributed by atoms with Gasteiger partial charge in [-0.05, 0) is 35.4 Å². The molecule has 0 saturated carbocycles. The first-order valence-corrected chi connectivity index (χ1v) is 7.19. The Balaban J connectivity index is 1.66. The number of benzene rings is 2. The van der Waals surface area contributed by atoms with Crippen LogP contribution in [0.3, 0.4) is 0 Å². The monoisotopic (exact) mass is 310 g/mol. The molecule has 1 heterocycles. The van der Waals surface area contributed by atoms with Gasteiger partial charge in [0.05, 0.1) is 6.54 Å². The summed E-state index contributed by atoms with van der Waals surface area (Å²) in [5.41, 5.74) is 2.29. The van der Waals surface area contributed by atoms with E-state index in [1.165, 1.54) is 18.5 Å². The van der Waals surface area contributed by atoms with Crippen molar-refractivity contribution in [2.75, 3.05) is 6.54 Å². The van der Waals surface area contributed by atoms with Gasteiger partial charge in [-0.1, -0.05) is 24.3 Å². The van der Waals surface area contributed by atoms with E-state index in [-0.39, 0.29) is 11.7 Å². The van der Waals surface area contributed by atoms with Gasteiger partial charge in [-0.15, -0.1) is 0 Å². The molecule has 1 aromatic heterocycles. The van der Waals surface area contributed by atoms with Crippen LogP contribution in [0.1, 0.15) is 10.4 Å². The third kappa shape index (κ3) is 3.79. The first-order valence-electron chi connectivity index (χ1n) is 7.19. The smallest absolute Gasteiger partial charge is 0.251 e. The Labute approximate surface area is 132 Å². The minimum absolute atomic E-state index is 0.158. The van der Waals surface area contributed by atoms with E-state index in [1.807, 2.05) is 12.1 Å². The molecule has 3 rings (SSSR count). The maximum Gasteiger partial charge on any atom is 0.251 e. The number of rotatable bonds is 5. The molecule has 0 spiro atoms. The molecule has 0 aliphatic carbocycles. The highest BCUT2D eigenvalue weighted by molar-refractivity contribution is 5.95. The highest BCUT2D eigenvalue weighted by Crippen LogP contribution is 2.20. The Morgan fingerprint density at radius 2 is 1.96 bits per heavy atom. The minimum atomic E-state index is -0.282. The second kappa shape index (κ2) is 6.83. The summed E-state index contributed by atoms with van der Waals surface area (Å²) in [7, 11) is 0. The van der Waals surface area contributed by atoms with Crippen LogP contribution in [0.4, 0.5) is 4.39 Å². The SMILES string of the molecule is O=C(NCCn1cncn1)c1cccc(-c2ccc(F)cc2)c1. The average Bonchev–Trinajstić information content (AvgIpc) is 3.09. The van der Waals surface area contributed by atoms with Crippen molar-refractivity contribution in [2.45, 2.75) is 6.54 Å². The number of halogens is 1. The molecule has 1 N–H and O–H groups in total. The molecule has 1 amide bonds. The fraction of sp³-hybridized carbons (Fsp3) is 0.118. The first kappa shape index (κ1) is 14.9. The van der Waals surface area contributed by atoms with E-state index in [0.717, 1.165) is 11.1 Å². The number of carbonyl (C=O) groups is 1. The summed E-state index contributed by atoms with van der Waals surface area (Å²) >= 11 is 0. The molecule has 0 bridgehead atoms. The highest BCUT2D eigenvalue weighted by atomic mass is 19.1. The summed E-state index contributed by atoms with van der Waals surface area (Å²) in [6.07, 6.45) is 3.05. The normalized spacial score (nSPS) is 10.5. The van der Waals surface area contributed by atoms with Gasteiger partial charge >= 0.3 is 0 Å². The predicted octanol–water partition coefficient (Wildman–Crippen LogP) is 2.51. The Morgan fingerprint density at radius 3 is 2.70 bits per heavy atom. The Hall–Kier alpha value is -3.02. The van der Waals surface area contributed by atoms with E-state index in [9.17, 15) is 9.18 Å². The van der Waals surface area contributed by atoms with Gasteiger partial charge < -0.3 is 5.32 Å². The van der Waals surface area contributed by atoms with E-state index >= 15 is 0 Å². The predicted molar refractivity (Wildman–Crippen MR) is 84.2 cm³/mol. The molecule has 0 unspecified atom stereocenters. The molecule has 0 saturated heterocycles. The summed E-state index contributed by atoms with van der Waals surface area (Å²) in [4.78, 5) is 16.0. The van der Waals surface area contributed by atoms with Crippen molar-refractivity contribution in [3.05, 3.63) is 72.6 Å². The zero-order valence-electron chi connectivity index (χ0n) is 12.3. The van der Waals surface area contributed by atoms with Gasteiger partial charge in [0.2, 0.25) is 0 Å². The van der Waals surface area contributed by atoms with Crippen LogP contribution in [-0.4, -0.2) is 27.2 Å². The molecule has 3 aromatic rings. The van der Waals surface area contributed by atoms with Crippen LogP contribution in [-0.2, 0) is 6.54 Å². The molecule has 0 fully saturated rings. The molecule has 6 heteroatoms. The first-order chi connectivity index (χ1) is 11.2. The van der Waals surface area contributed by atoms with Crippen molar-refractivity contribution >= 4 is 5.91 Å². The molecule has 0 radical (unpaired) electrons. The number of aromatic nitrogens is 3. The number of carbonyl (C=O) groups excluding carboxylic acids is 1. The van der Waals surface area contributed by atoms with E-state index in [2.05, 4.69) is 15.4 Å². The van der Waals surface area contributed by atoms with E-state index in [1.54, 1.807) is 35.3 Å². The van der Waals surface area contributed by atoms with E-state index in [4.69, 9.17) is 0 Å². The summed E-state index contributed by atoms with van der Waals surface area (Å²) in [5.74, 6) is -0.440. The zero-order chi connectivity index (χ0) is 16.1. The van der Waals surface area contributed by atoms with Crippen molar-refractivity contribution in [1.29, 1.82) is 0 Å². The van der Waals surface area contributed by atoms with Crippen LogP contribution in [0.15, 0.2) is 61.2 Å². The van der Waals surface area contributed by atoms with E-state index in [0.29, 0.717) is 18.7 Å². The topological polar surface area (TPSA) is 59.8 Å². The summed E-state index contributed by atoms with van der Waals surface area (Å²) < 4.78 is 14.6. The maximum absolute atomic E-state index is 13.0. The van der Waals surface area contributed by atoms with Gasteiger partial charge in [-0.2, -0.15) is 5.10 Å². The molecule has 5 nitrogen and oxygen atoms in total. The molecular formula is C17H15FN4O. The van der Waals surface area contributed by atoms with Crippen molar-refractivity contribution < 1.29 is 9.18 Å². The van der Waals surface area contributed by atoms with Gasteiger partial charge in [-0.25, -0.2) is 9.37 Å². The van der Waals surface area contributed by atoms with Gasteiger partial charge in [0.1, 0.15) is 18.5 Å². The Bertz CT molecular complexity index is 785. The third-order valence-corrected chi connectivity index (χ3v) is 3.40. The van der Waals surface area contributed by atoms with Crippen LogP contribution in [0.5, 0.6) is 0 Å². The van der Waals surface area contributed by atoms with Crippen molar-refractivity contribution in [1.82, 2.24) is 20.1 Å². The second-order valence-electron chi connectivity index (χ2n) is 5.00. The molecule has 0 aliphatic rings. The number of nitrogens with zero attached hydrogens (tertiary/aromatic N) is 3. The lowest BCUT2D eigenvalue weighted by Crippen LogP contribution is -2.27. The van der Waals surface area contributed by atoms with Crippen LogP contribution < -0.4 is 5.32 Å². The largest absolute Gasteiger partial charge is 0.350 e. The quantitative estimate of drug-likeness (QED) is 0.788. The molecular weight excluding hydrogens is 295 g/mol. The van der Waals surface area contributed by atoms with E-state index < -0.39 is 0 Å². The number of amides is 1. The second-order valence-corrected chi connectivity index (χ2v) is 5.00. The molecule has 23 heavy (non-hydrogen) atoms. The van der Waals surface area contributed by atoms with Crippen LogP contribution in [0.25, 0.3) is 11.1 Å². The average molecular weight is 310 g/mol. The van der Waals surface area contributed by atoms with Crippen molar-refractivity contribution in [3.8, 4) is 11.1 Å².